The zero-order chi connectivity index (χ0) is 13.2. The molecule has 5 heteroatoms. The zero-order valence-electron chi connectivity index (χ0n) is 9.70. The van der Waals surface area contributed by atoms with Crippen LogP contribution in [0.2, 0.25) is 0 Å². The number of halogens is 2. The van der Waals surface area contributed by atoms with Crippen LogP contribution in [0.15, 0.2) is 22.7 Å². The van der Waals surface area contributed by atoms with Crippen LogP contribution in [0.4, 0.5) is 4.39 Å². The average Bonchev–Trinajstić information content (AvgIpc) is 2.41. The molecule has 2 atom stereocenters. The van der Waals surface area contributed by atoms with Crippen molar-refractivity contribution >= 4 is 15.9 Å². The Hall–Kier alpha value is -0.960. The smallest absolute Gasteiger partial charge is 0.129 e. The van der Waals surface area contributed by atoms with Crippen molar-refractivity contribution in [1.82, 2.24) is 0 Å². The molecule has 2 rings (SSSR count). The molecule has 1 fully saturated rings. The van der Waals surface area contributed by atoms with Gasteiger partial charge < -0.3 is 9.84 Å². The molecule has 0 radical (unpaired) electrons. The summed E-state index contributed by atoms with van der Waals surface area (Å²) in [6.45, 7) is 0.716. The summed E-state index contributed by atoms with van der Waals surface area (Å²) in [5, 5.41) is 19.6. The summed E-state index contributed by atoms with van der Waals surface area (Å²) in [5.74, 6) is -0.508. The Morgan fingerprint density at radius 1 is 1.56 bits per heavy atom. The van der Waals surface area contributed by atoms with Gasteiger partial charge in [0, 0.05) is 16.6 Å². The number of hydrogen-bond acceptors (Lipinski definition) is 3. The highest BCUT2D eigenvalue weighted by Gasteiger charge is 2.42. The summed E-state index contributed by atoms with van der Waals surface area (Å²) in [6, 6.07) is 6.45. The fourth-order valence-electron chi connectivity index (χ4n) is 2.20. The summed E-state index contributed by atoms with van der Waals surface area (Å²) in [7, 11) is 0. The standard InChI is InChI=1S/C13H13BrFNO2/c14-9-2-3-11(15)10(6-9)12(17)13(7-16)4-1-5-18-8-13/h2-3,6,12,17H,1,4-5,8H2. The summed E-state index contributed by atoms with van der Waals surface area (Å²) in [5.41, 5.74) is -0.920. The van der Waals surface area contributed by atoms with Crippen LogP contribution in [0.3, 0.4) is 0 Å². The van der Waals surface area contributed by atoms with E-state index in [2.05, 4.69) is 22.0 Å². The molecule has 2 unspecified atom stereocenters. The van der Waals surface area contributed by atoms with Gasteiger partial charge in [-0.25, -0.2) is 4.39 Å². The number of aliphatic hydroxyl groups excluding tert-OH is 1. The van der Waals surface area contributed by atoms with E-state index in [0.29, 0.717) is 23.9 Å². The molecule has 1 heterocycles. The number of nitriles is 1. The first-order valence-corrected chi connectivity index (χ1v) is 6.50. The first-order chi connectivity index (χ1) is 8.59. The Kier molecular flexibility index (Phi) is 4.00. The van der Waals surface area contributed by atoms with Crippen LogP contribution in [0.5, 0.6) is 0 Å². The van der Waals surface area contributed by atoms with Crippen molar-refractivity contribution in [2.24, 2.45) is 5.41 Å². The summed E-state index contributed by atoms with van der Waals surface area (Å²) in [6.07, 6.45) is 0.0249. The van der Waals surface area contributed by atoms with Gasteiger partial charge in [0.05, 0.1) is 12.7 Å². The maximum Gasteiger partial charge on any atom is 0.129 e. The van der Waals surface area contributed by atoms with E-state index in [9.17, 15) is 14.8 Å². The van der Waals surface area contributed by atoms with Gasteiger partial charge in [0.2, 0.25) is 0 Å². The van der Waals surface area contributed by atoms with Gasteiger partial charge >= 0.3 is 0 Å². The molecular weight excluding hydrogens is 301 g/mol. The SMILES string of the molecule is N#CC1(C(O)c2cc(Br)ccc2F)CCCOC1. The van der Waals surface area contributed by atoms with Crippen LogP contribution >= 0.6 is 15.9 Å². The Labute approximate surface area is 113 Å². The topological polar surface area (TPSA) is 53.2 Å². The minimum Gasteiger partial charge on any atom is -0.387 e. The van der Waals surface area contributed by atoms with Gasteiger partial charge in [0.15, 0.2) is 0 Å². The van der Waals surface area contributed by atoms with E-state index in [0.717, 1.165) is 0 Å². The molecule has 0 spiro atoms. The molecule has 1 saturated heterocycles. The molecule has 0 aliphatic carbocycles. The third kappa shape index (κ3) is 2.41. The number of rotatable bonds is 2. The van der Waals surface area contributed by atoms with E-state index in [1.807, 2.05) is 0 Å². The fraction of sp³-hybridized carbons (Fsp3) is 0.462. The molecule has 3 nitrogen and oxygen atoms in total. The van der Waals surface area contributed by atoms with Gasteiger partial charge in [0.1, 0.15) is 17.3 Å². The molecule has 96 valence electrons. The lowest BCUT2D eigenvalue weighted by Gasteiger charge is -2.35. The predicted octanol–water partition coefficient (Wildman–Crippen LogP) is 2.94. The minimum atomic E-state index is -1.18. The summed E-state index contributed by atoms with van der Waals surface area (Å²) >= 11 is 3.24. The highest BCUT2D eigenvalue weighted by Crippen LogP contribution is 2.41. The molecule has 0 aromatic heterocycles. The number of benzene rings is 1. The number of ether oxygens (including phenoxy) is 1. The van der Waals surface area contributed by atoms with Gasteiger partial charge in [-0.05, 0) is 31.0 Å². The Morgan fingerprint density at radius 2 is 2.33 bits per heavy atom. The van der Waals surface area contributed by atoms with Crippen molar-refractivity contribution in [2.45, 2.75) is 18.9 Å². The lowest BCUT2D eigenvalue weighted by molar-refractivity contribution is -0.0517. The van der Waals surface area contributed by atoms with Crippen molar-refractivity contribution < 1.29 is 14.2 Å². The third-order valence-electron chi connectivity index (χ3n) is 3.27. The van der Waals surface area contributed by atoms with Crippen LogP contribution in [-0.4, -0.2) is 18.3 Å². The fourth-order valence-corrected chi connectivity index (χ4v) is 2.58. The second-order valence-corrected chi connectivity index (χ2v) is 5.41. The Morgan fingerprint density at radius 3 is 2.94 bits per heavy atom. The summed E-state index contributed by atoms with van der Waals surface area (Å²) < 4.78 is 19.7. The molecule has 1 aliphatic heterocycles. The van der Waals surface area contributed by atoms with E-state index in [1.54, 1.807) is 6.07 Å². The van der Waals surface area contributed by atoms with Crippen molar-refractivity contribution in [1.29, 1.82) is 5.26 Å². The van der Waals surface area contributed by atoms with Crippen molar-refractivity contribution in [3.8, 4) is 6.07 Å². The van der Waals surface area contributed by atoms with Gasteiger partial charge in [-0.2, -0.15) is 5.26 Å². The van der Waals surface area contributed by atoms with Crippen molar-refractivity contribution in [3.63, 3.8) is 0 Å². The predicted molar refractivity (Wildman–Crippen MR) is 67.2 cm³/mol. The van der Waals surface area contributed by atoms with Crippen LogP contribution in [0.1, 0.15) is 24.5 Å². The highest BCUT2D eigenvalue weighted by molar-refractivity contribution is 9.10. The van der Waals surface area contributed by atoms with E-state index < -0.39 is 17.3 Å². The van der Waals surface area contributed by atoms with Gasteiger partial charge in [0.25, 0.3) is 0 Å². The maximum absolute atomic E-state index is 13.8. The zero-order valence-corrected chi connectivity index (χ0v) is 11.3. The largest absolute Gasteiger partial charge is 0.387 e. The molecule has 0 saturated carbocycles. The first-order valence-electron chi connectivity index (χ1n) is 5.71. The van der Waals surface area contributed by atoms with E-state index in [1.165, 1.54) is 12.1 Å². The number of nitrogens with zero attached hydrogens (tertiary/aromatic N) is 1. The molecule has 0 amide bonds. The summed E-state index contributed by atoms with van der Waals surface area (Å²) in [4.78, 5) is 0. The Balaban J connectivity index is 2.37. The lowest BCUT2D eigenvalue weighted by Crippen LogP contribution is -2.36. The Bertz CT molecular complexity index is 480. The highest BCUT2D eigenvalue weighted by atomic mass is 79.9. The second-order valence-electron chi connectivity index (χ2n) is 4.49. The van der Waals surface area contributed by atoms with E-state index in [4.69, 9.17) is 4.74 Å². The van der Waals surface area contributed by atoms with Crippen molar-refractivity contribution in [3.05, 3.63) is 34.1 Å². The molecule has 1 aromatic rings. The first kappa shape index (κ1) is 13.5. The number of aliphatic hydroxyl groups is 1. The molecule has 1 aromatic carbocycles. The van der Waals surface area contributed by atoms with E-state index in [-0.39, 0.29) is 12.2 Å². The second kappa shape index (κ2) is 5.35. The van der Waals surface area contributed by atoms with Gasteiger partial charge in [-0.3, -0.25) is 0 Å². The maximum atomic E-state index is 13.8. The van der Waals surface area contributed by atoms with E-state index >= 15 is 0 Å². The molecular formula is C13H13BrFNO2. The van der Waals surface area contributed by atoms with Crippen LogP contribution < -0.4 is 0 Å². The van der Waals surface area contributed by atoms with Crippen LogP contribution in [0.25, 0.3) is 0 Å². The molecule has 18 heavy (non-hydrogen) atoms. The van der Waals surface area contributed by atoms with Gasteiger partial charge in [-0.1, -0.05) is 15.9 Å². The minimum absolute atomic E-state index is 0.136. The normalized spacial score (nSPS) is 25.4. The molecule has 0 bridgehead atoms. The molecule has 1 aliphatic rings. The molecule has 1 N–H and O–H groups in total. The average molecular weight is 314 g/mol. The number of hydrogen-bond donors (Lipinski definition) is 1. The van der Waals surface area contributed by atoms with Crippen LogP contribution in [-0.2, 0) is 4.74 Å². The third-order valence-corrected chi connectivity index (χ3v) is 3.76. The van der Waals surface area contributed by atoms with Crippen molar-refractivity contribution in [2.75, 3.05) is 13.2 Å². The lowest BCUT2D eigenvalue weighted by atomic mass is 9.76. The quantitative estimate of drug-likeness (QED) is 0.913. The van der Waals surface area contributed by atoms with Gasteiger partial charge in [-0.15, -0.1) is 0 Å². The monoisotopic (exact) mass is 313 g/mol. The van der Waals surface area contributed by atoms with Crippen LogP contribution in [0, 0.1) is 22.6 Å².